The third kappa shape index (κ3) is 4.93. The van der Waals surface area contributed by atoms with E-state index in [1.165, 1.54) is 0 Å². The summed E-state index contributed by atoms with van der Waals surface area (Å²) in [6.45, 7) is 0. The summed E-state index contributed by atoms with van der Waals surface area (Å²) in [7, 11) is 0. The molecule has 22 heavy (non-hydrogen) atoms. The second-order valence-electron chi connectivity index (χ2n) is 4.71. The zero-order chi connectivity index (χ0) is 15.8. The normalized spacial score (nSPS) is 10.4. The van der Waals surface area contributed by atoms with Gasteiger partial charge in [-0.05, 0) is 11.1 Å². The smallest absolute Gasteiger partial charge is 0.313 e. The summed E-state index contributed by atoms with van der Waals surface area (Å²) in [5.41, 5.74) is 1.98. The second-order valence-corrected chi connectivity index (χ2v) is 5.69. The van der Waals surface area contributed by atoms with Crippen LogP contribution in [0.15, 0.2) is 60.7 Å². The molecular formula is C17H17NO3S. The predicted molar refractivity (Wildman–Crippen MR) is 87.8 cm³/mol. The second kappa shape index (κ2) is 8.24. The molecule has 0 unspecified atom stereocenters. The molecule has 0 aliphatic carbocycles. The Bertz CT molecular complexity index is 577. The van der Waals surface area contributed by atoms with Gasteiger partial charge in [0.1, 0.15) is 0 Å². The van der Waals surface area contributed by atoms with Gasteiger partial charge < -0.3 is 10.4 Å². The lowest BCUT2D eigenvalue weighted by Crippen LogP contribution is -2.31. The monoisotopic (exact) mass is 315 g/mol. The van der Waals surface area contributed by atoms with E-state index in [0.29, 0.717) is 0 Å². The molecule has 0 aliphatic rings. The molecule has 0 heterocycles. The van der Waals surface area contributed by atoms with Gasteiger partial charge in [0.2, 0.25) is 5.91 Å². The average Bonchev–Trinajstić information content (AvgIpc) is 2.54. The SMILES string of the molecule is O=C(O)CSCC(=O)NC(c1ccccc1)c1ccccc1. The lowest BCUT2D eigenvalue weighted by atomic mass is 9.99. The summed E-state index contributed by atoms with van der Waals surface area (Å²) in [4.78, 5) is 22.6. The van der Waals surface area contributed by atoms with Crippen LogP contribution < -0.4 is 5.32 Å². The van der Waals surface area contributed by atoms with Crippen molar-refractivity contribution < 1.29 is 14.7 Å². The van der Waals surface area contributed by atoms with Crippen LogP contribution in [0.2, 0.25) is 0 Å². The van der Waals surface area contributed by atoms with Crippen LogP contribution in [-0.4, -0.2) is 28.5 Å². The van der Waals surface area contributed by atoms with E-state index in [0.717, 1.165) is 22.9 Å². The summed E-state index contributed by atoms with van der Waals surface area (Å²) < 4.78 is 0. The van der Waals surface area contributed by atoms with Gasteiger partial charge in [0.05, 0.1) is 17.5 Å². The lowest BCUT2D eigenvalue weighted by molar-refractivity contribution is -0.133. The average molecular weight is 315 g/mol. The van der Waals surface area contributed by atoms with E-state index in [-0.39, 0.29) is 23.5 Å². The molecule has 114 valence electrons. The van der Waals surface area contributed by atoms with Crippen LogP contribution >= 0.6 is 11.8 Å². The Balaban J connectivity index is 2.09. The van der Waals surface area contributed by atoms with Gasteiger partial charge in [-0.2, -0.15) is 0 Å². The minimum absolute atomic E-state index is 0.0746. The molecular weight excluding hydrogens is 298 g/mol. The van der Waals surface area contributed by atoms with Gasteiger partial charge in [-0.1, -0.05) is 60.7 Å². The molecule has 0 spiro atoms. The Morgan fingerprint density at radius 3 is 1.86 bits per heavy atom. The number of carbonyl (C=O) groups excluding carboxylic acids is 1. The van der Waals surface area contributed by atoms with Crippen LogP contribution in [0.5, 0.6) is 0 Å². The Hall–Kier alpha value is -2.27. The van der Waals surface area contributed by atoms with Gasteiger partial charge in [0.25, 0.3) is 0 Å². The number of carboxylic acid groups (broad SMARTS) is 1. The topological polar surface area (TPSA) is 66.4 Å². The maximum Gasteiger partial charge on any atom is 0.313 e. The number of carbonyl (C=O) groups is 2. The fourth-order valence-electron chi connectivity index (χ4n) is 2.08. The van der Waals surface area contributed by atoms with Crippen molar-refractivity contribution in [3.8, 4) is 0 Å². The van der Waals surface area contributed by atoms with Crippen molar-refractivity contribution in [2.24, 2.45) is 0 Å². The van der Waals surface area contributed by atoms with E-state index in [4.69, 9.17) is 5.11 Å². The standard InChI is InChI=1S/C17H17NO3S/c19-15(11-22-12-16(20)21)18-17(13-7-3-1-4-8-13)14-9-5-2-6-10-14/h1-10,17H,11-12H2,(H,18,19)(H,20,21). The van der Waals surface area contributed by atoms with E-state index in [2.05, 4.69) is 5.32 Å². The number of nitrogens with one attached hydrogen (secondary N) is 1. The molecule has 0 saturated carbocycles. The van der Waals surface area contributed by atoms with Gasteiger partial charge >= 0.3 is 5.97 Å². The quantitative estimate of drug-likeness (QED) is 0.824. The zero-order valence-corrected chi connectivity index (χ0v) is 12.8. The van der Waals surface area contributed by atoms with Crippen LogP contribution in [0.4, 0.5) is 0 Å². The van der Waals surface area contributed by atoms with Crippen molar-refractivity contribution in [2.45, 2.75) is 6.04 Å². The molecule has 0 aromatic heterocycles. The first kappa shape index (κ1) is 16.1. The highest BCUT2D eigenvalue weighted by molar-refractivity contribution is 8.00. The maximum absolute atomic E-state index is 12.1. The number of hydrogen-bond donors (Lipinski definition) is 2. The summed E-state index contributed by atoms with van der Waals surface area (Å²) in [6, 6.07) is 19.2. The highest BCUT2D eigenvalue weighted by Gasteiger charge is 2.16. The van der Waals surface area contributed by atoms with E-state index < -0.39 is 5.97 Å². The molecule has 0 bridgehead atoms. The summed E-state index contributed by atoms with van der Waals surface area (Å²) >= 11 is 1.09. The Morgan fingerprint density at radius 1 is 0.909 bits per heavy atom. The lowest BCUT2D eigenvalue weighted by Gasteiger charge is -2.19. The van der Waals surface area contributed by atoms with Crippen molar-refractivity contribution in [1.29, 1.82) is 0 Å². The molecule has 2 aromatic carbocycles. The minimum atomic E-state index is -0.916. The highest BCUT2D eigenvalue weighted by Crippen LogP contribution is 2.21. The minimum Gasteiger partial charge on any atom is -0.481 e. The Labute approximate surface area is 133 Å². The van der Waals surface area contributed by atoms with Gasteiger partial charge in [-0.25, -0.2) is 0 Å². The van der Waals surface area contributed by atoms with Crippen LogP contribution in [0.25, 0.3) is 0 Å². The first-order valence-electron chi connectivity index (χ1n) is 6.85. The van der Waals surface area contributed by atoms with Crippen molar-refractivity contribution in [3.05, 3.63) is 71.8 Å². The summed E-state index contributed by atoms with van der Waals surface area (Å²) in [5, 5.41) is 11.6. The van der Waals surface area contributed by atoms with Crippen LogP contribution in [0.3, 0.4) is 0 Å². The number of carboxylic acids is 1. The van der Waals surface area contributed by atoms with Gasteiger partial charge in [-0.15, -0.1) is 11.8 Å². The Morgan fingerprint density at radius 2 is 1.41 bits per heavy atom. The van der Waals surface area contributed by atoms with Gasteiger partial charge in [-0.3, -0.25) is 9.59 Å². The Kier molecular flexibility index (Phi) is 6.03. The van der Waals surface area contributed by atoms with Crippen molar-refractivity contribution >= 4 is 23.6 Å². The van der Waals surface area contributed by atoms with Gasteiger partial charge in [0, 0.05) is 0 Å². The third-order valence-corrected chi connectivity index (χ3v) is 3.95. The highest BCUT2D eigenvalue weighted by atomic mass is 32.2. The van der Waals surface area contributed by atoms with Crippen molar-refractivity contribution in [3.63, 3.8) is 0 Å². The fourth-order valence-corrected chi connectivity index (χ4v) is 2.63. The molecule has 2 rings (SSSR count). The molecule has 0 saturated heterocycles. The van der Waals surface area contributed by atoms with E-state index in [1.807, 2.05) is 60.7 Å². The van der Waals surface area contributed by atoms with Gasteiger partial charge in [0.15, 0.2) is 0 Å². The van der Waals surface area contributed by atoms with E-state index in [1.54, 1.807) is 0 Å². The molecule has 2 aromatic rings. The van der Waals surface area contributed by atoms with E-state index >= 15 is 0 Å². The molecule has 0 aliphatic heterocycles. The first-order chi connectivity index (χ1) is 10.7. The molecule has 1 amide bonds. The van der Waals surface area contributed by atoms with Crippen molar-refractivity contribution in [2.75, 3.05) is 11.5 Å². The number of amides is 1. The first-order valence-corrected chi connectivity index (χ1v) is 8.01. The number of hydrogen-bond acceptors (Lipinski definition) is 3. The summed E-state index contributed by atoms with van der Waals surface area (Å²) in [6.07, 6.45) is 0. The predicted octanol–water partition coefficient (Wildman–Crippen LogP) is 2.71. The maximum atomic E-state index is 12.1. The zero-order valence-electron chi connectivity index (χ0n) is 11.9. The molecule has 4 nitrogen and oxygen atoms in total. The van der Waals surface area contributed by atoms with E-state index in [9.17, 15) is 9.59 Å². The van der Waals surface area contributed by atoms with Crippen molar-refractivity contribution in [1.82, 2.24) is 5.32 Å². The molecule has 5 heteroatoms. The molecule has 0 radical (unpaired) electrons. The van der Waals surface area contributed by atoms with Crippen LogP contribution in [-0.2, 0) is 9.59 Å². The number of aliphatic carboxylic acids is 1. The largest absolute Gasteiger partial charge is 0.481 e. The molecule has 0 fully saturated rings. The summed E-state index contributed by atoms with van der Waals surface area (Å²) in [5.74, 6) is -1.04. The van der Waals surface area contributed by atoms with Crippen LogP contribution in [0, 0.1) is 0 Å². The fraction of sp³-hybridized carbons (Fsp3) is 0.176. The number of rotatable bonds is 7. The molecule has 0 atom stereocenters. The number of thioether (sulfide) groups is 1. The molecule has 2 N–H and O–H groups in total. The van der Waals surface area contributed by atoms with Crippen LogP contribution in [0.1, 0.15) is 17.2 Å². The third-order valence-electron chi connectivity index (χ3n) is 3.03. The number of benzene rings is 2.